The number of nitrogens with two attached hydrogens (primary N) is 1. The third-order valence-corrected chi connectivity index (χ3v) is 4.10. The van der Waals surface area contributed by atoms with Crippen molar-refractivity contribution in [1.29, 1.82) is 0 Å². The largest absolute Gasteiger partial charge is 0.489 e. The van der Waals surface area contributed by atoms with Crippen LogP contribution in [0.25, 0.3) is 10.9 Å². The predicted molar refractivity (Wildman–Crippen MR) is 101 cm³/mol. The van der Waals surface area contributed by atoms with Crippen LogP contribution in [0.2, 0.25) is 0 Å². The Morgan fingerprint density at radius 2 is 1.92 bits per heavy atom. The fraction of sp³-hybridized carbons (Fsp3) is 0.238. The van der Waals surface area contributed by atoms with Gasteiger partial charge in [-0.2, -0.15) is 0 Å². The summed E-state index contributed by atoms with van der Waals surface area (Å²) in [5.74, 6) is 0.243. The number of hydrogen-bond donors (Lipinski definition) is 1. The lowest BCUT2D eigenvalue weighted by Gasteiger charge is -2.16. The van der Waals surface area contributed by atoms with Crippen molar-refractivity contribution in [3.63, 3.8) is 0 Å². The number of pyridine rings is 1. The van der Waals surface area contributed by atoms with Gasteiger partial charge < -0.3 is 15.2 Å². The van der Waals surface area contributed by atoms with Gasteiger partial charge in [-0.3, -0.25) is 9.78 Å². The molecule has 1 heterocycles. The maximum absolute atomic E-state index is 11.6. The van der Waals surface area contributed by atoms with Crippen LogP contribution >= 0.6 is 0 Å². The molecule has 0 spiro atoms. The highest BCUT2D eigenvalue weighted by Gasteiger charge is 2.18. The van der Waals surface area contributed by atoms with Crippen LogP contribution in [0.1, 0.15) is 18.1 Å². The molecule has 3 aromatic rings. The summed E-state index contributed by atoms with van der Waals surface area (Å²) in [5, 5.41) is 1.08. The summed E-state index contributed by atoms with van der Waals surface area (Å²) in [6.07, 6.45) is 1.54. The summed E-state index contributed by atoms with van der Waals surface area (Å²) < 4.78 is 11.4. The summed E-state index contributed by atoms with van der Waals surface area (Å²) in [5.41, 5.74) is 8.25. The van der Waals surface area contributed by atoms with Gasteiger partial charge in [0.05, 0.1) is 5.52 Å². The molecule has 0 fully saturated rings. The molecule has 3 rings (SSSR count). The van der Waals surface area contributed by atoms with Crippen LogP contribution in [0, 0.1) is 0 Å². The highest BCUT2D eigenvalue weighted by Crippen LogP contribution is 2.22. The van der Waals surface area contributed by atoms with Crippen molar-refractivity contribution < 1.29 is 14.3 Å². The van der Waals surface area contributed by atoms with E-state index >= 15 is 0 Å². The summed E-state index contributed by atoms with van der Waals surface area (Å²) in [6.45, 7) is 2.66. The average molecular weight is 350 g/mol. The molecular formula is C21H22N2O3. The number of aromatic nitrogens is 1. The third kappa shape index (κ3) is 4.37. The molecule has 5 nitrogen and oxygen atoms in total. The second-order valence-electron chi connectivity index (χ2n) is 5.98. The van der Waals surface area contributed by atoms with E-state index < -0.39 is 12.0 Å². The number of carbonyl (C=O) groups is 1. The number of benzene rings is 2. The molecular weight excluding hydrogens is 328 g/mol. The van der Waals surface area contributed by atoms with Crippen LogP contribution < -0.4 is 10.5 Å². The summed E-state index contributed by atoms with van der Waals surface area (Å²) in [6, 6.07) is 17.6. The molecule has 5 heteroatoms. The zero-order chi connectivity index (χ0) is 18.4. The minimum atomic E-state index is -0.660. The van der Waals surface area contributed by atoms with Crippen molar-refractivity contribution in [2.24, 2.45) is 5.73 Å². The van der Waals surface area contributed by atoms with E-state index in [2.05, 4.69) is 11.1 Å². The molecule has 26 heavy (non-hydrogen) atoms. The Balaban J connectivity index is 1.74. The fourth-order valence-electron chi connectivity index (χ4n) is 2.81. The molecule has 134 valence electrons. The van der Waals surface area contributed by atoms with E-state index in [4.69, 9.17) is 15.2 Å². The van der Waals surface area contributed by atoms with E-state index in [-0.39, 0.29) is 0 Å². The average Bonchev–Trinajstić information content (AvgIpc) is 2.66. The number of para-hydroxylation sites is 2. The Morgan fingerprint density at radius 1 is 1.15 bits per heavy atom. The normalized spacial score (nSPS) is 12.0. The van der Waals surface area contributed by atoms with E-state index in [0.29, 0.717) is 25.4 Å². The molecule has 0 aliphatic heterocycles. The van der Waals surface area contributed by atoms with E-state index in [1.165, 1.54) is 0 Å². The maximum atomic E-state index is 11.6. The summed E-state index contributed by atoms with van der Waals surface area (Å²) >= 11 is 0. The quantitative estimate of drug-likeness (QED) is 0.677. The van der Waals surface area contributed by atoms with Gasteiger partial charge in [0.15, 0.2) is 0 Å². The highest BCUT2D eigenvalue weighted by molar-refractivity contribution is 5.79. The first-order valence-corrected chi connectivity index (χ1v) is 8.62. The smallest absolute Gasteiger partial charge is 0.246 e. The molecule has 0 radical (unpaired) electrons. The highest BCUT2D eigenvalue weighted by atomic mass is 16.5. The van der Waals surface area contributed by atoms with E-state index in [1.54, 1.807) is 0 Å². The van der Waals surface area contributed by atoms with Crippen LogP contribution in [0.15, 0.2) is 60.8 Å². The number of rotatable bonds is 8. The Morgan fingerprint density at radius 3 is 2.73 bits per heavy atom. The Labute approximate surface area is 152 Å². The van der Waals surface area contributed by atoms with Crippen molar-refractivity contribution in [2.45, 2.75) is 26.1 Å². The SMILES string of the molecule is CCOC(Cc1ccccc1OCc1cnc2ccccc2c1)C(N)=O. The molecule has 1 aromatic heterocycles. The summed E-state index contributed by atoms with van der Waals surface area (Å²) in [4.78, 5) is 16.0. The predicted octanol–water partition coefficient (Wildman–Crippen LogP) is 3.25. The fourth-order valence-corrected chi connectivity index (χ4v) is 2.81. The number of hydrogen-bond acceptors (Lipinski definition) is 4. The van der Waals surface area contributed by atoms with E-state index in [1.807, 2.05) is 61.7 Å². The summed E-state index contributed by atoms with van der Waals surface area (Å²) in [7, 11) is 0. The van der Waals surface area contributed by atoms with Gasteiger partial charge in [-0.15, -0.1) is 0 Å². The molecule has 0 saturated heterocycles. The van der Waals surface area contributed by atoms with Crippen LogP contribution in [0.3, 0.4) is 0 Å². The minimum Gasteiger partial charge on any atom is -0.489 e. The molecule has 1 amide bonds. The van der Waals surface area contributed by atoms with E-state index in [0.717, 1.165) is 22.0 Å². The second kappa shape index (κ2) is 8.45. The standard InChI is InChI=1S/C21H22N2O3/c1-2-25-20(21(22)24)12-17-8-4-6-10-19(17)26-14-15-11-16-7-3-5-9-18(16)23-13-15/h3-11,13,20H,2,12,14H2,1H3,(H2,22,24). The topological polar surface area (TPSA) is 74.4 Å². The van der Waals surface area contributed by atoms with Gasteiger partial charge >= 0.3 is 0 Å². The van der Waals surface area contributed by atoms with Gasteiger partial charge in [0.25, 0.3) is 0 Å². The Hall–Kier alpha value is -2.92. The second-order valence-corrected chi connectivity index (χ2v) is 5.98. The van der Waals surface area contributed by atoms with Crippen LogP contribution in [0.4, 0.5) is 0 Å². The number of nitrogens with zero attached hydrogens (tertiary/aromatic N) is 1. The first-order chi connectivity index (χ1) is 12.7. The molecule has 0 saturated carbocycles. The lowest BCUT2D eigenvalue weighted by Crippen LogP contribution is -2.33. The van der Waals surface area contributed by atoms with Gasteiger partial charge in [-0.05, 0) is 30.7 Å². The monoisotopic (exact) mass is 350 g/mol. The van der Waals surface area contributed by atoms with Gasteiger partial charge in [0, 0.05) is 30.2 Å². The number of amides is 1. The van der Waals surface area contributed by atoms with Crippen molar-refractivity contribution in [2.75, 3.05) is 6.61 Å². The minimum absolute atomic E-state index is 0.384. The molecule has 2 aromatic carbocycles. The lowest BCUT2D eigenvalue weighted by atomic mass is 10.1. The molecule has 0 bridgehead atoms. The van der Waals surface area contributed by atoms with Crippen molar-refractivity contribution in [1.82, 2.24) is 4.98 Å². The zero-order valence-corrected chi connectivity index (χ0v) is 14.7. The molecule has 1 atom stereocenters. The number of fused-ring (bicyclic) bond motifs is 1. The van der Waals surface area contributed by atoms with Crippen LogP contribution in [-0.4, -0.2) is 23.6 Å². The van der Waals surface area contributed by atoms with Crippen molar-refractivity contribution >= 4 is 16.8 Å². The number of ether oxygens (including phenoxy) is 2. The van der Waals surface area contributed by atoms with Crippen molar-refractivity contribution in [3.05, 3.63) is 71.9 Å². The van der Waals surface area contributed by atoms with Gasteiger partial charge in [0.1, 0.15) is 18.5 Å². The first-order valence-electron chi connectivity index (χ1n) is 8.62. The van der Waals surface area contributed by atoms with Gasteiger partial charge in [0.2, 0.25) is 5.91 Å². The molecule has 2 N–H and O–H groups in total. The van der Waals surface area contributed by atoms with Crippen LogP contribution in [-0.2, 0) is 22.6 Å². The van der Waals surface area contributed by atoms with Gasteiger partial charge in [-0.1, -0.05) is 36.4 Å². The maximum Gasteiger partial charge on any atom is 0.246 e. The van der Waals surface area contributed by atoms with Gasteiger partial charge in [-0.25, -0.2) is 0 Å². The third-order valence-electron chi connectivity index (χ3n) is 4.10. The van der Waals surface area contributed by atoms with Crippen molar-refractivity contribution in [3.8, 4) is 5.75 Å². The van der Waals surface area contributed by atoms with E-state index in [9.17, 15) is 4.79 Å². The number of carbonyl (C=O) groups excluding carboxylic acids is 1. The molecule has 0 aliphatic rings. The Bertz CT molecular complexity index is 895. The number of primary amides is 1. The Kier molecular flexibility index (Phi) is 5.81. The van der Waals surface area contributed by atoms with Crippen LogP contribution in [0.5, 0.6) is 5.75 Å². The lowest BCUT2D eigenvalue weighted by molar-refractivity contribution is -0.129. The first kappa shape index (κ1) is 17.9. The molecule has 1 unspecified atom stereocenters. The zero-order valence-electron chi connectivity index (χ0n) is 14.7. The molecule has 0 aliphatic carbocycles.